The molecule has 1 aromatic carbocycles. The number of rotatable bonds is 5. The van der Waals surface area contributed by atoms with Crippen molar-refractivity contribution in [3.8, 4) is 17.0 Å². The van der Waals surface area contributed by atoms with Crippen LogP contribution in [0.2, 0.25) is 0 Å². The van der Waals surface area contributed by atoms with Crippen LogP contribution in [0.25, 0.3) is 11.3 Å². The number of carbonyl (C=O) groups excluding carboxylic acids is 2. The van der Waals surface area contributed by atoms with Crippen molar-refractivity contribution in [2.24, 2.45) is 13.0 Å². The van der Waals surface area contributed by atoms with Gasteiger partial charge >= 0.3 is 5.97 Å². The van der Waals surface area contributed by atoms with Crippen LogP contribution in [0, 0.1) is 5.92 Å². The molecule has 0 spiro atoms. The predicted octanol–water partition coefficient (Wildman–Crippen LogP) is 2.51. The molecule has 144 valence electrons. The fraction of sp³-hybridized carbons (Fsp3) is 0.450. The van der Waals surface area contributed by atoms with Crippen LogP contribution in [0.15, 0.2) is 30.3 Å². The van der Waals surface area contributed by atoms with Gasteiger partial charge in [-0.15, -0.1) is 0 Å². The number of hydrogen-bond donors (Lipinski definition) is 0. The molecule has 1 saturated heterocycles. The first-order valence-electron chi connectivity index (χ1n) is 9.17. The fourth-order valence-corrected chi connectivity index (χ4v) is 3.31. The normalized spacial score (nSPS) is 14.9. The Hall–Kier alpha value is -2.83. The highest BCUT2D eigenvalue weighted by atomic mass is 16.5. The molecule has 0 unspecified atom stereocenters. The largest absolute Gasteiger partial charge is 0.497 e. The van der Waals surface area contributed by atoms with Gasteiger partial charge in [0, 0.05) is 25.7 Å². The second-order valence-electron chi connectivity index (χ2n) is 6.59. The number of piperidine rings is 1. The van der Waals surface area contributed by atoms with E-state index in [1.54, 1.807) is 30.7 Å². The van der Waals surface area contributed by atoms with Gasteiger partial charge in [0.15, 0.2) is 0 Å². The lowest BCUT2D eigenvalue weighted by Gasteiger charge is -2.30. The average Bonchev–Trinajstić information content (AvgIpc) is 3.09. The van der Waals surface area contributed by atoms with Crippen molar-refractivity contribution in [1.82, 2.24) is 14.7 Å². The number of nitrogens with zero attached hydrogens (tertiary/aromatic N) is 3. The summed E-state index contributed by atoms with van der Waals surface area (Å²) in [5, 5.41) is 4.47. The van der Waals surface area contributed by atoms with Crippen LogP contribution in [-0.2, 0) is 16.6 Å². The Bertz CT molecular complexity index is 805. The molecule has 7 heteroatoms. The van der Waals surface area contributed by atoms with E-state index in [0.29, 0.717) is 38.2 Å². The van der Waals surface area contributed by atoms with Crippen molar-refractivity contribution in [1.29, 1.82) is 0 Å². The van der Waals surface area contributed by atoms with Gasteiger partial charge in [-0.25, -0.2) is 0 Å². The highest BCUT2D eigenvalue weighted by Gasteiger charge is 2.29. The number of hydrogen-bond acceptors (Lipinski definition) is 5. The van der Waals surface area contributed by atoms with Crippen LogP contribution in [0.3, 0.4) is 0 Å². The van der Waals surface area contributed by atoms with Gasteiger partial charge in [0.05, 0.1) is 25.3 Å². The molecule has 2 heterocycles. The third-order valence-corrected chi connectivity index (χ3v) is 4.89. The van der Waals surface area contributed by atoms with E-state index in [9.17, 15) is 9.59 Å². The zero-order valence-electron chi connectivity index (χ0n) is 16.0. The molecule has 27 heavy (non-hydrogen) atoms. The first-order chi connectivity index (χ1) is 13.0. The standard InChI is InChI=1S/C20H25N3O4/c1-4-27-20(25)15-9-11-23(12-10-15)19(24)18-13-17(21-22(18)2)14-5-7-16(26-3)8-6-14/h5-8,13,15H,4,9-12H2,1-3H3. The van der Waals surface area contributed by atoms with E-state index in [2.05, 4.69) is 5.10 Å². The number of ether oxygens (including phenoxy) is 2. The van der Waals surface area contributed by atoms with Gasteiger partial charge in [-0.05, 0) is 50.1 Å². The van der Waals surface area contributed by atoms with Crippen LogP contribution < -0.4 is 4.74 Å². The maximum atomic E-state index is 12.9. The highest BCUT2D eigenvalue weighted by molar-refractivity contribution is 5.94. The number of carbonyl (C=O) groups is 2. The SMILES string of the molecule is CCOC(=O)C1CCN(C(=O)c2cc(-c3ccc(OC)cc3)nn2C)CC1. The summed E-state index contributed by atoms with van der Waals surface area (Å²) in [6.45, 7) is 3.29. The van der Waals surface area contributed by atoms with Gasteiger partial charge < -0.3 is 14.4 Å². The molecule has 0 atom stereocenters. The van der Waals surface area contributed by atoms with Crippen molar-refractivity contribution in [2.45, 2.75) is 19.8 Å². The van der Waals surface area contributed by atoms with Gasteiger partial charge in [0.1, 0.15) is 11.4 Å². The Morgan fingerprint density at radius 2 is 1.85 bits per heavy atom. The van der Waals surface area contributed by atoms with Crippen LogP contribution in [-0.4, -0.2) is 53.4 Å². The van der Waals surface area contributed by atoms with Crippen molar-refractivity contribution in [3.05, 3.63) is 36.0 Å². The summed E-state index contributed by atoms with van der Waals surface area (Å²) in [5.41, 5.74) is 2.20. The quantitative estimate of drug-likeness (QED) is 0.755. The van der Waals surface area contributed by atoms with E-state index < -0.39 is 0 Å². The third-order valence-electron chi connectivity index (χ3n) is 4.89. The monoisotopic (exact) mass is 371 g/mol. The number of aryl methyl sites for hydroxylation is 1. The van der Waals surface area contributed by atoms with E-state index in [1.165, 1.54) is 0 Å². The summed E-state index contributed by atoms with van der Waals surface area (Å²) in [6, 6.07) is 9.37. The minimum absolute atomic E-state index is 0.0629. The summed E-state index contributed by atoms with van der Waals surface area (Å²) in [7, 11) is 3.39. The van der Waals surface area contributed by atoms with E-state index in [4.69, 9.17) is 9.47 Å². The maximum Gasteiger partial charge on any atom is 0.309 e. The number of benzene rings is 1. The van der Waals surface area contributed by atoms with Gasteiger partial charge in [-0.1, -0.05) is 0 Å². The molecule has 1 fully saturated rings. The first kappa shape index (κ1) is 18.9. The van der Waals surface area contributed by atoms with E-state index in [1.807, 2.05) is 30.3 Å². The number of aromatic nitrogens is 2. The number of esters is 1. The van der Waals surface area contributed by atoms with Crippen molar-refractivity contribution in [3.63, 3.8) is 0 Å². The van der Waals surface area contributed by atoms with Gasteiger partial charge in [0.2, 0.25) is 0 Å². The predicted molar refractivity (Wildman–Crippen MR) is 100 cm³/mol. The summed E-state index contributed by atoms with van der Waals surface area (Å²) < 4.78 is 11.9. The van der Waals surface area contributed by atoms with Gasteiger partial charge in [-0.3, -0.25) is 14.3 Å². The zero-order valence-corrected chi connectivity index (χ0v) is 16.0. The van der Waals surface area contributed by atoms with Gasteiger partial charge in [0.25, 0.3) is 5.91 Å². The molecule has 0 radical (unpaired) electrons. The Balaban J connectivity index is 1.69. The van der Waals surface area contributed by atoms with Crippen molar-refractivity contribution in [2.75, 3.05) is 26.8 Å². The summed E-state index contributed by atoms with van der Waals surface area (Å²) in [4.78, 5) is 26.5. The first-order valence-corrected chi connectivity index (χ1v) is 9.17. The van der Waals surface area contributed by atoms with Crippen LogP contribution >= 0.6 is 0 Å². The number of amides is 1. The molecule has 0 saturated carbocycles. The molecular formula is C20H25N3O4. The smallest absolute Gasteiger partial charge is 0.309 e. The zero-order chi connectivity index (χ0) is 19.4. The van der Waals surface area contributed by atoms with E-state index >= 15 is 0 Å². The Morgan fingerprint density at radius 3 is 2.44 bits per heavy atom. The average molecular weight is 371 g/mol. The molecule has 1 amide bonds. The summed E-state index contributed by atoms with van der Waals surface area (Å²) in [5.74, 6) is 0.435. The van der Waals surface area contributed by atoms with Crippen molar-refractivity contribution < 1.29 is 19.1 Å². The second kappa shape index (κ2) is 8.24. The highest BCUT2D eigenvalue weighted by Crippen LogP contribution is 2.24. The summed E-state index contributed by atoms with van der Waals surface area (Å²) >= 11 is 0. The Kier molecular flexibility index (Phi) is 5.78. The lowest BCUT2D eigenvalue weighted by Crippen LogP contribution is -2.41. The van der Waals surface area contributed by atoms with E-state index in [-0.39, 0.29) is 17.8 Å². The minimum atomic E-state index is -0.160. The Morgan fingerprint density at radius 1 is 1.19 bits per heavy atom. The maximum absolute atomic E-state index is 12.9. The molecule has 3 rings (SSSR count). The lowest BCUT2D eigenvalue weighted by atomic mass is 9.97. The Labute approximate surface area is 158 Å². The molecule has 7 nitrogen and oxygen atoms in total. The molecule has 0 bridgehead atoms. The lowest BCUT2D eigenvalue weighted by molar-refractivity contribution is -0.149. The van der Waals surface area contributed by atoms with Crippen LogP contribution in [0.5, 0.6) is 5.75 Å². The topological polar surface area (TPSA) is 73.7 Å². The molecule has 1 aromatic heterocycles. The van der Waals surface area contributed by atoms with Gasteiger partial charge in [-0.2, -0.15) is 5.10 Å². The van der Waals surface area contributed by atoms with Crippen LogP contribution in [0.4, 0.5) is 0 Å². The molecule has 0 N–H and O–H groups in total. The summed E-state index contributed by atoms with van der Waals surface area (Å²) in [6.07, 6.45) is 1.27. The molecule has 0 aliphatic carbocycles. The molecule has 1 aliphatic rings. The third kappa shape index (κ3) is 4.13. The van der Waals surface area contributed by atoms with Crippen LogP contribution in [0.1, 0.15) is 30.3 Å². The van der Waals surface area contributed by atoms with Crippen molar-refractivity contribution >= 4 is 11.9 Å². The molecule has 2 aromatic rings. The van der Waals surface area contributed by atoms with E-state index in [0.717, 1.165) is 17.0 Å². The fourth-order valence-electron chi connectivity index (χ4n) is 3.31. The number of methoxy groups -OCH3 is 1. The molecular weight excluding hydrogens is 346 g/mol. The number of likely N-dealkylation sites (tertiary alicyclic amines) is 1. The molecule has 1 aliphatic heterocycles. The minimum Gasteiger partial charge on any atom is -0.497 e. The second-order valence-corrected chi connectivity index (χ2v) is 6.59.